The Morgan fingerprint density at radius 3 is 2.00 bits per heavy atom. The minimum atomic E-state index is -4.17. The van der Waals surface area contributed by atoms with E-state index < -0.39 is 28.5 Å². The average Bonchev–Trinajstić information content (AvgIpc) is 2.96. The first-order chi connectivity index (χ1) is 20.0. The molecule has 3 aromatic carbocycles. The molecule has 0 fully saturated rings. The van der Waals surface area contributed by atoms with Crippen LogP contribution >= 0.6 is 0 Å². The smallest absolute Gasteiger partial charge is 0.264 e. The Kier molecular flexibility index (Phi) is 11.4. The Morgan fingerprint density at radius 1 is 0.881 bits per heavy atom. The number of carbonyl (C=O) groups is 2. The van der Waals surface area contributed by atoms with E-state index in [1.54, 1.807) is 55.6 Å². The van der Waals surface area contributed by atoms with Crippen molar-refractivity contribution in [2.75, 3.05) is 24.6 Å². The lowest BCUT2D eigenvalue weighted by Gasteiger charge is -2.33. The van der Waals surface area contributed by atoms with E-state index in [-0.39, 0.29) is 23.4 Å². The first-order valence-electron chi connectivity index (χ1n) is 14.0. The zero-order valence-electron chi connectivity index (χ0n) is 25.2. The summed E-state index contributed by atoms with van der Waals surface area (Å²) in [6.07, 6.45) is 0.344. The second-order valence-corrected chi connectivity index (χ2v) is 12.1. The van der Waals surface area contributed by atoms with Gasteiger partial charge in [-0.05, 0) is 88.2 Å². The second kappa shape index (κ2) is 14.7. The molecule has 3 rings (SSSR count). The van der Waals surface area contributed by atoms with E-state index in [1.807, 2.05) is 46.8 Å². The van der Waals surface area contributed by atoms with Crippen LogP contribution in [0.5, 0.6) is 11.5 Å². The first-order valence-corrected chi connectivity index (χ1v) is 15.5. The summed E-state index contributed by atoms with van der Waals surface area (Å²) in [6, 6.07) is 19.3. The molecule has 1 N–H and O–H groups in total. The lowest BCUT2D eigenvalue weighted by Crippen LogP contribution is -2.53. The molecule has 0 aliphatic heterocycles. The van der Waals surface area contributed by atoms with Gasteiger partial charge in [0.15, 0.2) is 0 Å². The summed E-state index contributed by atoms with van der Waals surface area (Å²) in [5.74, 6) is 0.396. The van der Waals surface area contributed by atoms with Gasteiger partial charge in [-0.2, -0.15) is 0 Å². The average molecular weight is 596 g/mol. The molecule has 1 atom stereocenters. The number of nitrogens with one attached hydrogen (secondary N) is 1. The van der Waals surface area contributed by atoms with Crippen molar-refractivity contribution in [1.29, 1.82) is 0 Å². The lowest BCUT2D eigenvalue weighted by atomic mass is 10.1. The molecule has 226 valence electrons. The number of carbonyl (C=O) groups excluding carboxylic acids is 2. The van der Waals surface area contributed by atoms with E-state index in [4.69, 9.17) is 9.47 Å². The topological polar surface area (TPSA) is 105 Å². The molecule has 2 amide bonds. The standard InChI is InChI=1S/C32H41N3O6S/c1-7-30(32(37)33-23(3)4)34(21-25-11-15-27(40-6)16-12-25)31(36)22-35(26-13-9-24(5)10-14-26)42(38,39)29-19-17-28(18-20-29)41-8-2/h9-20,23,30H,7-8,21-22H2,1-6H3,(H,33,37). The molecular weight excluding hydrogens is 554 g/mol. The van der Waals surface area contributed by atoms with Crippen molar-refractivity contribution < 1.29 is 27.5 Å². The zero-order chi connectivity index (χ0) is 30.9. The minimum Gasteiger partial charge on any atom is -0.497 e. The largest absolute Gasteiger partial charge is 0.497 e. The van der Waals surface area contributed by atoms with Gasteiger partial charge in [0, 0.05) is 12.6 Å². The van der Waals surface area contributed by atoms with Gasteiger partial charge < -0.3 is 19.7 Å². The summed E-state index contributed by atoms with van der Waals surface area (Å²) in [7, 11) is -2.60. The van der Waals surface area contributed by atoms with E-state index in [9.17, 15) is 18.0 Å². The molecule has 10 heteroatoms. The molecular formula is C32H41N3O6S. The van der Waals surface area contributed by atoms with Crippen molar-refractivity contribution in [2.45, 2.75) is 64.6 Å². The lowest BCUT2D eigenvalue weighted by molar-refractivity contribution is -0.140. The number of methoxy groups -OCH3 is 1. The van der Waals surface area contributed by atoms with Gasteiger partial charge in [-0.25, -0.2) is 8.42 Å². The molecule has 0 heterocycles. The number of hydrogen-bond acceptors (Lipinski definition) is 6. The third kappa shape index (κ3) is 8.25. The summed E-state index contributed by atoms with van der Waals surface area (Å²) in [5.41, 5.74) is 2.06. The van der Waals surface area contributed by atoms with Gasteiger partial charge in [0.25, 0.3) is 10.0 Å². The molecule has 1 unspecified atom stereocenters. The molecule has 9 nitrogen and oxygen atoms in total. The first kappa shape index (κ1) is 32.5. The van der Waals surface area contributed by atoms with Crippen molar-refractivity contribution >= 4 is 27.5 Å². The highest BCUT2D eigenvalue weighted by atomic mass is 32.2. The minimum absolute atomic E-state index is 0.0191. The number of rotatable bonds is 14. The number of ether oxygens (including phenoxy) is 2. The normalized spacial score (nSPS) is 12.0. The van der Waals surface area contributed by atoms with Crippen LogP contribution in [0, 0.1) is 6.92 Å². The molecule has 0 aliphatic rings. The van der Waals surface area contributed by atoms with Gasteiger partial charge in [0.1, 0.15) is 24.1 Å². The third-order valence-corrected chi connectivity index (χ3v) is 8.44. The van der Waals surface area contributed by atoms with Crippen molar-refractivity contribution in [1.82, 2.24) is 10.2 Å². The van der Waals surface area contributed by atoms with Gasteiger partial charge >= 0.3 is 0 Å². The van der Waals surface area contributed by atoms with Crippen LogP contribution in [0.3, 0.4) is 0 Å². The Labute approximate surface area is 249 Å². The van der Waals surface area contributed by atoms with E-state index in [2.05, 4.69) is 5.32 Å². The molecule has 0 bridgehead atoms. The van der Waals surface area contributed by atoms with Crippen LogP contribution in [0.2, 0.25) is 0 Å². The molecule has 0 saturated heterocycles. The SMILES string of the molecule is CCOc1ccc(S(=O)(=O)N(CC(=O)N(Cc2ccc(OC)cc2)C(CC)C(=O)NC(C)C)c2ccc(C)cc2)cc1. The number of amides is 2. The van der Waals surface area contributed by atoms with E-state index in [0.29, 0.717) is 30.2 Å². The highest BCUT2D eigenvalue weighted by molar-refractivity contribution is 7.92. The van der Waals surface area contributed by atoms with Crippen molar-refractivity contribution in [3.05, 3.63) is 83.9 Å². The highest BCUT2D eigenvalue weighted by Gasteiger charge is 2.34. The van der Waals surface area contributed by atoms with Crippen LogP contribution in [0.1, 0.15) is 45.2 Å². The highest BCUT2D eigenvalue weighted by Crippen LogP contribution is 2.27. The van der Waals surface area contributed by atoms with Crippen LogP contribution in [-0.2, 0) is 26.2 Å². The molecule has 0 aliphatic carbocycles. The fraction of sp³-hybridized carbons (Fsp3) is 0.375. The molecule has 3 aromatic rings. The summed E-state index contributed by atoms with van der Waals surface area (Å²) in [5, 5.41) is 2.90. The number of hydrogen-bond donors (Lipinski definition) is 1. The Bertz CT molecular complexity index is 1420. The fourth-order valence-electron chi connectivity index (χ4n) is 4.47. The van der Waals surface area contributed by atoms with Gasteiger partial charge in [0.05, 0.1) is 24.3 Å². The van der Waals surface area contributed by atoms with Crippen LogP contribution in [0.4, 0.5) is 5.69 Å². The van der Waals surface area contributed by atoms with Crippen molar-refractivity contribution in [2.24, 2.45) is 0 Å². The maximum Gasteiger partial charge on any atom is 0.264 e. The summed E-state index contributed by atoms with van der Waals surface area (Å²) < 4.78 is 39.9. The van der Waals surface area contributed by atoms with Crippen LogP contribution in [0.25, 0.3) is 0 Å². The number of sulfonamides is 1. The maximum absolute atomic E-state index is 14.1. The van der Waals surface area contributed by atoms with Crippen LogP contribution in [-0.4, -0.2) is 57.5 Å². The van der Waals surface area contributed by atoms with Crippen molar-refractivity contribution in [3.8, 4) is 11.5 Å². The van der Waals surface area contributed by atoms with E-state index in [1.165, 1.54) is 17.0 Å². The van der Waals surface area contributed by atoms with Gasteiger partial charge in [-0.3, -0.25) is 13.9 Å². The quantitative estimate of drug-likeness (QED) is 0.283. The Hall–Kier alpha value is -4.05. The maximum atomic E-state index is 14.1. The number of anilines is 1. The van der Waals surface area contributed by atoms with Gasteiger partial charge in [-0.15, -0.1) is 0 Å². The van der Waals surface area contributed by atoms with E-state index >= 15 is 0 Å². The Balaban J connectivity index is 2.04. The third-order valence-electron chi connectivity index (χ3n) is 6.65. The second-order valence-electron chi connectivity index (χ2n) is 10.2. The molecule has 0 radical (unpaired) electrons. The molecule has 0 saturated carbocycles. The summed E-state index contributed by atoms with van der Waals surface area (Å²) >= 11 is 0. The summed E-state index contributed by atoms with van der Waals surface area (Å²) in [4.78, 5) is 28.8. The summed E-state index contributed by atoms with van der Waals surface area (Å²) in [6.45, 7) is 9.33. The van der Waals surface area contributed by atoms with Gasteiger partial charge in [0.2, 0.25) is 11.8 Å². The number of benzene rings is 3. The predicted octanol–water partition coefficient (Wildman–Crippen LogP) is 4.93. The van der Waals surface area contributed by atoms with Crippen LogP contribution in [0.15, 0.2) is 77.7 Å². The molecule has 42 heavy (non-hydrogen) atoms. The van der Waals surface area contributed by atoms with Crippen LogP contribution < -0.4 is 19.1 Å². The molecule has 0 spiro atoms. The van der Waals surface area contributed by atoms with Gasteiger partial charge in [-0.1, -0.05) is 36.8 Å². The number of nitrogens with zero attached hydrogens (tertiary/aromatic N) is 2. The Morgan fingerprint density at radius 2 is 1.48 bits per heavy atom. The van der Waals surface area contributed by atoms with Crippen molar-refractivity contribution in [3.63, 3.8) is 0 Å². The fourth-order valence-corrected chi connectivity index (χ4v) is 5.88. The monoisotopic (exact) mass is 595 g/mol. The molecule has 0 aromatic heterocycles. The van der Waals surface area contributed by atoms with E-state index in [0.717, 1.165) is 15.4 Å². The zero-order valence-corrected chi connectivity index (χ0v) is 26.0. The predicted molar refractivity (Wildman–Crippen MR) is 164 cm³/mol. The number of aryl methyl sites for hydroxylation is 1.